The molecule has 0 fully saturated rings. The Morgan fingerprint density at radius 1 is 1.40 bits per heavy atom. The van der Waals surface area contributed by atoms with E-state index in [1.54, 1.807) is 11.3 Å². The van der Waals surface area contributed by atoms with Crippen LogP contribution in [-0.4, -0.2) is 18.6 Å². The molecular formula is C15H20ClN3S. The maximum atomic E-state index is 6.35. The Labute approximate surface area is 129 Å². The van der Waals surface area contributed by atoms with Crippen LogP contribution in [-0.2, 0) is 13.1 Å². The second-order valence-electron chi connectivity index (χ2n) is 4.81. The fraction of sp³-hybridized carbons (Fsp3) is 0.400. The monoisotopic (exact) mass is 309 g/mol. The zero-order valence-corrected chi connectivity index (χ0v) is 13.5. The highest BCUT2D eigenvalue weighted by Gasteiger charge is 2.09. The van der Waals surface area contributed by atoms with E-state index < -0.39 is 0 Å². The Kier molecular flexibility index (Phi) is 5.83. The molecule has 3 nitrogen and oxygen atoms in total. The van der Waals surface area contributed by atoms with Crippen molar-refractivity contribution in [2.24, 2.45) is 0 Å². The third-order valence-corrected chi connectivity index (χ3v) is 4.01. The molecule has 0 spiro atoms. The van der Waals surface area contributed by atoms with Gasteiger partial charge in [-0.15, -0.1) is 0 Å². The third kappa shape index (κ3) is 4.20. The van der Waals surface area contributed by atoms with Crippen molar-refractivity contribution in [1.82, 2.24) is 10.3 Å². The van der Waals surface area contributed by atoms with E-state index in [1.807, 2.05) is 19.3 Å². The highest BCUT2D eigenvalue weighted by molar-refractivity contribution is 7.07. The smallest absolute Gasteiger partial charge is 0.147 e. The number of nitrogens with one attached hydrogen (secondary N) is 1. The van der Waals surface area contributed by atoms with Gasteiger partial charge in [-0.25, -0.2) is 4.98 Å². The molecule has 0 atom stereocenters. The number of thiophene rings is 1. The lowest BCUT2D eigenvalue weighted by molar-refractivity contribution is 0.674. The Balaban J connectivity index is 2.01. The number of anilines is 1. The lowest BCUT2D eigenvalue weighted by Gasteiger charge is -2.19. The van der Waals surface area contributed by atoms with Gasteiger partial charge in [0.05, 0.1) is 5.02 Å². The zero-order valence-electron chi connectivity index (χ0n) is 11.9. The molecule has 5 heteroatoms. The molecule has 2 aromatic heterocycles. The number of rotatable bonds is 7. The van der Waals surface area contributed by atoms with Gasteiger partial charge in [0.15, 0.2) is 0 Å². The minimum atomic E-state index is 0.707. The quantitative estimate of drug-likeness (QED) is 0.785. The summed E-state index contributed by atoms with van der Waals surface area (Å²) >= 11 is 8.05. The lowest BCUT2D eigenvalue weighted by Crippen LogP contribution is -2.18. The van der Waals surface area contributed by atoms with E-state index in [0.29, 0.717) is 5.02 Å². The molecule has 0 aliphatic rings. The van der Waals surface area contributed by atoms with Crippen LogP contribution in [0.15, 0.2) is 29.1 Å². The van der Waals surface area contributed by atoms with E-state index >= 15 is 0 Å². The Morgan fingerprint density at radius 2 is 2.25 bits per heavy atom. The van der Waals surface area contributed by atoms with Crippen LogP contribution in [0.2, 0.25) is 5.02 Å². The third-order valence-electron chi connectivity index (χ3n) is 3.00. The van der Waals surface area contributed by atoms with Gasteiger partial charge < -0.3 is 10.2 Å². The molecule has 0 saturated carbocycles. The second-order valence-corrected chi connectivity index (χ2v) is 6.00. The fourth-order valence-electron chi connectivity index (χ4n) is 1.99. The van der Waals surface area contributed by atoms with Gasteiger partial charge in [0.1, 0.15) is 5.82 Å². The first kappa shape index (κ1) is 15.3. The Morgan fingerprint density at radius 3 is 2.90 bits per heavy atom. The van der Waals surface area contributed by atoms with Crippen LogP contribution in [0.1, 0.15) is 24.5 Å². The van der Waals surface area contributed by atoms with Gasteiger partial charge >= 0.3 is 0 Å². The minimum Gasteiger partial charge on any atom is -0.354 e. The van der Waals surface area contributed by atoms with Gasteiger partial charge in [-0.3, -0.25) is 0 Å². The topological polar surface area (TPSA) is 28.2 Å². The Bertz CT molecular complexity index is 528. The first-order chi connectivity index (χ1) is 9.70. The molecule has 2 rings (SSSR count). The summed E-state index contributed by atoms with van der Waals surface area (Å²) in [4.78, 5) is 6.57. The van der Waals surface area contributed by atoms with Gasteiger partial charge in [0, 0.05) is 26.3 Å². The minimum absolute atomic E-state index is 0.707. The summed E-state index contributed by atoms with van der Waals surface area (Å²) in [6.07, 6.45) is 3.02. The van der Waals surface area contributed by atoms with Gasteiger partial charge in [0.2, 0.25) is 0 Å². The molecule has 0 aliphatic heterocycles. The fourth-order valence-corrected chi connectivity index (χ4v) is 2.98. The van der Waals surface area contributed by atoms with Crippen molar-refractivity contribution in [2.75, 3.05) is 18.5 Å². The molecule has 0 radical (unpaired) electrons. The number of pyridine rings is 1. The Hall–Kier alpha value is -1.10. The van der Waals surface area contributed by atoms with Gasteiger partial charge in [-0.2, -0.15) is 11.3 Å². The van der Waals surface area contributed by atoms with Crippen molar-refractivity contribution in [3.63, 3.8) is 0 Å². The van der Waals surface area contributed by atoms with E-state index in [0.717, 1.165) is 37.4 Å². The van der Waals surface area contributed by atoms with Crippen molar-refractivity contribution >= 4 is 28.8 Å². The first-order valence-corrected chi connectivity index (χ1v) is 8.10. The normalized spacial score (nSPS) is 10.8. The molecule has 108 valence electrons. The number of halogens is 1. The molecule has 20 heavy (non-hydrogen) atoms. The van der Waals surface area contributed by atoms with E-state index in [2.05, 4.69) is 39.0 Å². The summed E-state index contributed by atoms with van der Waals surface area (Å²) in [6.45, 7) is 4.80. The summed E-state index contributed by atoms with van der Waals surface area (Å²) in [5, 5.41) is 8.29. The van der Waals surface area contributed by atoms with Crippen molar-refractivity contribution in [3.05, 3.63) is 45.2 Å². The van der Waals surface area contributed by atoms with Crippen LogP contribution < -0.4 is 10.2 Å². The van der Waals surface area contributed by atoms with E-state index in [1.165, 1.54) is 5.56 Å². The molecule has 0 bridgehead atoms. The van der Waals surface area contributed by atoms with Crippen LogP contribution >= 0.6 is 22.9 Å². The van der Waals surface area contributed by atoms with Crippen molar-refractivity contribution in [3.8, 4) is 0 Å². The molecule has 0 aromatic carbocycles. The number of aromatic nitrogens is 1. The van der Waals surface area contributed by atoms with Crippen LogP contribution in [0.5, 0.6) is 0 Å². The van der Waals surface area contributed by atoms with Crippen LogP contribution in [0.4, 0.5) is 5.82 Å². The molecule has 0 saturated heterocycles. The summed E-state index contributed by atoms with van der Waals surface area (Å²) in [6, 6.07) is 4.12. The molecule has 2 aromatic rings. The summed E-state index contributed by atoms with van der Waals surface area (Å²) in [5.74, 6) is 0.831. The van der Waals surface area contributed by atoms with Crippen LogP contribution in [0, 0.1) is 0 Å². The van der Waals surface area contributed by atoms with Crippen LogP contribution in [0.25, 0.3) is 0 Å². The summed E-state index contributed by atoms with van der Waals surface area (Å²) in [7, 11) is 2.01. The van der Waals surface area contributed by atoms with Crippen molar-refractivity contribution in [2.45, 2.75) is 26.4 Å². The number of hydrogen-bond donors (Lipinski definition) is 1. The predicted molar refractivity (Wildman–Crippen MR) is 87.7 cm³/mol. The zero-order chi connectivity index (χ0) is 14.4. The average Bonchev–Trinajstić information content (AvgIpc) is 2.92. The highest BCUT2D eigenvalue weighted by Crippen LogP contribution is 2.24. The number of hydrogen-bond acceptors (Lipinski definition) is 4. The molecule has 2 heterocycles. The SMILES string of the molecule is CCCNCc1cnc(N(C)Cc2ccsc2)c(Cl)c1. The number of nitrogens with zero attached hydrogens (tertiary/aromatic N) is 2. The van der Waals surface area contributed by atoms with Gasteiger partial charge in [-0.1, -0.05) is 18.5 Å². The standard InChI is InChI=1S/C15H20ClN3S/c1-3-5-17-8-13-7-14(16)15(18-9-13)19(2)10-12-4-6-20-11-12/h4,6-7,9,11,17H,3,5,8,10H2,1-2H3. The second kappa shape index (κ2) is 7.62. The maximum Gasteiger partial charge on any atom is 0.147 e. The van der Waals surface area contributed by atoms with Gasteiger partial charge in [0.25, 0.3) is 0 Å². The lowest BCUT2D eigenvalue weighted by atomic mass is 10.2. The van der Waals surface area contributed by atoms with Crippen LogP contribution in [0.3, 0.4) is 0 Å². The van der Waals surface area contributed by atoms with E-state index in [9.17, 15) is 0 Å². The van der Waals surface area contributed by atoms with Crippen molar-refractivity contribution < 1.29 is 0 Å². The van der Waals surface area contributed by atoms with Gasteiger partial charge in [-0.05, 0) is 47.0 Å². The summed E-state index contributed by atoms with van der Waals surface area (Å²) < 4.78 is 0. The maximum absolute atomic E-state index is 6.35. The van der Waals surface area contributed by atoms with Crippen molar-refractivity contribution in [1.29, 1.82) is 0 Å². The molecular weight excluding hydrogens is 290 g/mol. The average molecular weight is 310 g/mol. The van der Waals surface area contributed by atoms with E-state index in [4.69, 9.17) is 11.6 Å². The summed E-state index contributed by atoms with van der Waals surface area (Å²) in [5.41, 5.74) is 2.40. The largest absolute Gasteiger partial charge is 0.354 e. The molecule has 0 unspecified atom stereocenters. The first-order valence-electron chi connectivity index (χ1n) is 6.78. The van der Waals surface area contributed by atoms with E-state index in [-0.39, 0.29) is 0 Å². The highest BCUT2D eigenvalue weighted by atomic mass is 35.5. The molecule has 0 amide bonds. The molecule has 1 N–H and O–H groups in total. The molecule has 0 aliphatic carbocycles. The predicted octanol–water partition coefficient (Wildman–Crippen LogP) is 3.93.